The first-order chi connectivity index (χ1) is 17.4. The Bertz CT molecular complexity index is 1020. The molecule has 10 heteroatoms. The van der Waals surface area contributed by atoms with E-state index in [4.69, 9.17) is 23.3 Å². The number of ether oxygens (including phenoxy) is 3. The van der Waals surface area contributed by atoms with Crippen molar-refractivity contribution < 1.29 is 37.4 Å². The first kappa shape index (κ1) is 27.7. The molecule has 1 heterocycles. The topological polar surface area (TPSA) is 101 Å². The van der Waals surface area contributed by atoms with Gasteiger partial charge in [-0.3, -0.25) is 9.46 Å². The minimum absolute atomic E-state index is 0.108. The molecule has 2 aromatic rings. The first-order valence-electron chi connectivity index (χ1n) is 12.1. The zero-order chi connectivity index (χ0) is 26.0. The molecule has 0 radical (unpaired) electrons. The number of rotatable bonds is 12. The quantitative estimate of drug-likeness (QED) is 0.291. The van der Waals surface area contributed by atoms with Crippen molar-refractivity contribution in [2.24, 2.45) is 0 Å². The number of carbonyl (C=O) groups excluding carboxylic acids is 2. The van der Waals surface area contributed by atoms with E-state index in [-0.39, 0.29) is 13.2 Å². The van der Waals surface area contributed by atoms with Gasteiger partial charge in [0.15, 0.2) is 0 Å². The van der Waals surface area contributed by atoms with Gasteiger partial charge in [0.1, 0.15) is 24.5 Å². The Morgan fingerprint density at radius 3 is 2.25 bits per heavy atom. The Labute approximate surface area is 212 Å². The summed E-state index contributed by atoms with van der Waals surface area (Å²) in [5, 5.41) is 0. The lowest BCUT2D eigenvalue weighted by atomic mass is 10.1. The maximum Gasteiger partial charge on any atom is 0.410 e. The van der Waals surface area contributed by atoms with Gasteiger partial charge in [-0.25, -0.2) is 9.59 Å². The Morgan fingerprint density at radius 2 is 1.64 bits per heavy atom. The molecule has 0 unspecified atom stereocenters. The number of esters is 1. The summed E-state index contributed by atoms with van der Waals surface area (Å²) in [6.45, 7) is 4.53. The summed E-state index contributed by atoms with van der Waals surface area (Å²) in [6, 6.07) is 15.9. The van der Waals surface area contributed by atoms with Crippen molar-refractivity contribution in [2.75, 3.05) is 33.0 Å². The molecular weight excluding hydrogens is 485 g/mol. The zero-order valence-corrected chi connectivity index (χ0v) is 21.9. The Hall–Kier alpha value is -2.87. The highest BCUT2D eigenvalue weighted by Gasteiger charge is 2.42. The van der Waals surface area contributed by atoms with Crippen LogP contribution in [0.5, 0.6) is 5.75 Å². The van der Waals surface area contributed by atoms with Crippen molar-refractivity contribution in [3.63, 3.8) is 0 Å². The number of amides is 1. The van der Waals surface area contributed by atoms with Crippen LogP contribution in [0.15, 0.2) is 54.6 Å². The first-order valence-corrected chi connectivity index (χ1v) is 13.8. The molecule has 196 valence electrons. The predicted octanol–water partition coefficient (Wildman–Crippen LogP) is 4.83. The van der Waals surface area contributed by atoms with Crippen LogP contribution in [-0.4, -0.2) is 62.1 Å². The lowest BCUT2D eigenvalue weighted by molar-refractivity contribution is -0.145. The van der Waals surface area contributed by atoms with Gasteiger partial charge >= 0.3 is 19.7 Å². The molecule has 1 saturated heterocycles. The maximum absolute atomic E-state index is 12.7. The van der Waals surface area contributed by atoms with Crippen LogP contribution in [0.1, 0.15) is 31.4 Å². The fourth-order valence-electron chi connectivity index (χ4n) is 4.00. The molecular formula is C26H34NO8P. The second kappa shape index (κ2) is 13.4. The molecule has 2 aromatic carbocycles. The molecule has 0 N–H and O–H groups in total. The van der Waals surface area contributed by atoms with Crippen molar-refractivity contribution in [3.05, 3.63) is 65.7 Å². The summed E-state index contributed by atoms with van der Waals surface area (Å²) in [5.41, 5.74) is 1.82. The number of benzene rings is 2. The van der Waals surface area contributed by atoms with Gasteiger partial charge in [-0.1, -0.05) is 42.5 Å². The largest absolute Gasteiger partial charge is 0.488 e. The average Bonchev–Trinajstić information content (AvgIpc) is 3.31. The highest BCUT2D eigenvalue weighted by molar-refractivity contribution is 7.53. The van der Waals surface area contributed by atoms with Crippen molar-refractivity contribution >= 4 is 19.7 Å². The Kier molecular flexibility index (Phi) is 10.3. The van der Waals surface area contributed by atoms with Crippen LogP contribution in [0, 0.1) is 0 Å². The minimum atomic E-state index is -3.11. The van der Waals surface area contributed by atoms with Gasteiger partial charge in [-0.05, 0) is 43.5 Å². The van der Waals surface area contributed by atoms with Crippen molar-refractivity contribution in [3.8, 4) is 5.75 Å². The Balaban J connectivity index is 1.57. The summed E-state index contributed by atoms with van der Waals surface area (Å²) < 4.78 is 39.7. The average molecular weight is 520 g/mol. The van der Waals surface area contributed by atoms with E-state index in [1.54, 1.807) is 13.8 Å². The molecule has 1 aliphatic rings. The van der Waals surface area contributed by atoms with Crippen molar-refractivity contribution in [2.45, 2.75) is 45.4 Å². The third-order valence-electron chi connectivity index (χ3n) is 5.73. The Morgan fingerprint density at radius 1 is 0.972 bits per heavy atom. The van der Waals surface area contributed by atoms with Crippen molar-refractivity contribution in [1.82, 2.24) is 4.90 Å². The van der Waals surface area contributed by atoms with Crippen LogP contribution in [0.25, 0.3) is 0 Å². The van der Waals surface area contributed by atoms with Gasteiger partial charge in [0.25, 0.3) is 0 Å². The van der Waals surface area contributed by atoms with E-state index >= 15 is 0 Å². The number of nitrogens with zero attached hydrogens (tertiary/aromatic N) is 1. The van der Waals surface area contributed by atoms with E-state index in [9.17, 15) is 14.2 Å². The van der Waals surface area contributed by atoms with Crippen LogP contribution < -0.4 is 4.74 Å². The summed E-state index contributed by atoms with van der Waals surface area (Å²) >= 11 is 0. The number of aryl methyl sites for hydroxylation is 1. The number of methoxy groups -OCH3 is 1. The number of carbonyl (C=O) groups is 2. The molecule has 1 amide bonds. The summed E-state index contributed by atoms with van der Waals surface area (Å²) in [4.78, 5) is 26.4. The van der Waals surface area contributed by atoms with Gasteiger partial charge in [0.05, 0.1) is 33.0 Å². The highest BCUT2D eigenvalue weighted by atomic mass is 31.2. The van der Waals surface area contributed by atoms with Gasteiger partial charge in [-0.2, -0.15) is 0 Å². The molecule has 1 fully saturated rings. The molecule has 3 rings (SSSR count). The normalized spacial score (nSPS) is 17.6. The van der Waals surface area contributed by atoms with E-state index in [1.165, 1.54) is 12.0 Å². The van der Waals surface area contributed by atoms with E-state index in [1.807, 2.05) is 54.6 Å². The van der Waals surface area contributed by atoms with Crippen molar-refractivity contribution in [1.29, 1.82) is 0 Å². The molecule has 0 spiro atoms. The summed E-state index contributed by atoms with van der Waals surface area (Å²) in [5.74, 6) is 0.0887. The monoisotopic (exact) mass is 519 g/mol. The fourth-order valence-corrected chi connectivity index (χ4v) is 5.65. The van der Waals surface area contributed by atoms with Crippen LogP contribution in [0.3, 0.4) is 0 Å². The van der Waals surface area contributed by atoms with Crippen LogP contribution >= 0.6 is 7.60 Å². The highest BCUT2D eigenvalue weighted by Crippen LogP contribution is 2.48. The summed E-state index contributed by atoms with van der Waals surface area (Å²) in [7, 11) is -1.82. The maximum atomic E-state index is 12.7. The molecule has 0 aliphatic carbocycles. The van der Waals surface area contributed by atoms with Gasteiger partial charge < -0.3 is 23.3 Å². The lowest BCUT2D eigenvalue weighted by Crippen LogP contribution is -2.41. The standard InChI is InChI=1S/C26H34NO8P/c1-4-33-36(30,34-5-2)16-15-20-11-13-22(14-12-20)35-23-17-24(25(28)31-3)27(18-23)26(29)32-19-21-9-7-6-8-10-21/h6-14,23-24H,4-5,15-19H2,1-3H3/t23-,24-/m0/s1. The van der Waals surface area contributed by atoms with Crippen LogP contribution in [0.4, 0.5) is 4.79 Å². The molecule has 1 aliphatic heterocycles. The van der Waals surface area contributed by atoms with Gasteiger partial charge in [-0.15, -0.1) is 0 Å². The lowest BCUT2D eigenvalue weighted by Gasteiger charge is -2.21. The molecule has 9 nitrogen and oxygen atoms in total. The molecule has 36 heavy (non-hydrogen) atoms. The van der Waals surface area contributed by atoms with E-state index in [2.05, 4.69) is 0 Å². The zero-order valence-electron chi connectivity index (χ0n) is 21.0. The van der Waals surface area contributed by atoms with E-state index < -0.39 is 31.8 Å². The molecule has 0 saturated carbocycles. The number of hydrogen-bond acceptors (Lipinski definition) is 8. The fraction of sp³-hybridized carbons (Fsp3) is 0.462. The third kappa shape index (κ3) is 7.82. The van der Waals surface area contributed by atoms with Gasteiger partial charge in [0, 0.05) is 6.42 Å². The SMILES string of the molecule is CCOP(=O)(CCc1ccc(O[C@H]2C[C@@H](C(=O)OC)N(C(=O)OCc3ccccc3)C2)cc1)OCC. The predicted molar refractivity (Wildman–Crippen MR) is 134 cm³/mol. The van der Waals surface area contributed by atoms with Crippen LogP contribution in [-0.2, 0) is 40.9 Å². The summed E-state index contributed by atoms with van der Waals surface area (Å²) in [6.07, 6.45) is 0.120. The second-order valence-electron chi connectivity index (χ2n) is 8.27. The third-order valence-corrected chi connectivity index (χ3v) is 7.80. The molecule has 0 aromatic heterocycles. The van der Waals surface area contributed by atoms with E-state index in [0.717, 1.165) is 11.1 Å². The smallest absolute Gasteiger partial charge is 0.410 e. The van der Waals surface area contributed by atoms with Crippen LogP contribution in [0.2, 0.25) is 0 Å². The van der Waals surface area contributed by atoms with Gasteiger partial charge in [0.2, 0.25) is 0 Å². The molecule has 2 atom stereocenters. The minimum Gasteiger partial charge on any atom is -0.488 e. The number of hydrogen-bond donors (Lipinski definition) is 0. The van der Waals surface area contributed by atoms with E-state index in [0.29, 0.717) is 38.0 Å². The number of likely N-dealkylation sites (tertiary alicyclic amines) is 1. The molecule has 0 bridgehead atoms. The second-order valence-corrected chi connectivity index (χ2v) is 10.5.